The molecule has 174 valence electrons. The highest BCUT2D eigenvalue weighted by molar-refractivity contribution is 6.39. The quantitative estimate of drug-likeness (QED) is 0.267. The molecule has 0 aliphatic rings. The van der Waals surface area contributed by atoms with Crippen molar-refractivity contribution < 1.29 is 19.2 Å². The third-order valence-electron chi connectivity index (χ3n) is 5.47. The van der Waals surface area contributed by atoms with Gasteiger partial charge in [0, 0.05) is 17.0 Å². The van der Waals surface area contributed by atoms with Gasteiger partial charge in [0.2, 0.25) is 0 Å². The molecule has 0 amide bonds. The standard InChI is InChI=1S/C27H23Cl2NO4/c1-16(2)26-21(25(30-34-26)24-22(28)4-3-5-23(24)29)15-8-17-6-11-19(12-7-17)33-20-13-9-18(10-14-20)27(31)32/h3-7,9-14,16H,8,15H2,1-2H3,(H,31,32). The van der Waals surface area contributed by atoms with Gasteiger partial charge in [0.1, 0.15) is 23.0 Å². The van der Waals surface area contributed by atoms with Crippen LogP contribution < -0.4 is 4.74 Å². The van der Waals surface area contributed by atoms with Crippen LogP contribution in [0.25, 0.3) is 11.3 Å². The number of halogens is 2. The molecule has 0 fully saturated rings. The molecular formula is C27H23Cl2NO4. The molecule has 0 atom stereocenters. The second-order valence-electron chi connectivity index (χ2n) is 8.20. The van der Waals surface area contributed by atoms with Gasteiger partial charge >= 0.3 is 5.97 Å². The summed E-state index contributed by atoms with van der Waals surface area (Å²) in [6, 6.07) is 19.5. The fourth-order valence-corrected chi connectivity index (χ4v) is 4.31. The Morgan fingerprint density at radius 2 is 1.53 bits per heavy atom. The van der Waals surface area contributed by atoms with Crippen LogP contribution in [0.4, 0.5) is 0 Å². The Hall–Kier alpha value is -3.28. The largest absolute Gasteiger partial charge is 0.478 e. The van der Waals surface area contributed by atoms with Crippen molar-refractivity contribution in [1.29, 1.82) is 0 Å². The van der Waals surface area contributed by atoms with Gasteiger partial charge in [-0.3, -0.25) is 0 Å². The molecule has 0 saturated carbocycles. The van der Waals surface area contributed by atoms with Crippen molar-refractivity contribution in [3.05, 3.63) is 99.2 Å². The fourth-order valence-electron chi connectivity index (χ4n) is 3.73. The van der Waals surface area contributed by atoms with E-state index < -0.39 is 5.97 Å². The van der Waals surface area contributed by atoms with Gasteiger partial charge in [-0.1, -0.05) is 60.4 Å². The maximum absolute atomic E-state index is 11.0. The van der Waals surface area contributed by atoms with Crippen LogP contribution in [0, 0.1) is 0 Å². The van der Waals surface area contributed by atoms with E-state index in [1.807, 2.05) is 24.3 Å². The molecule has 0 radical (unpaired) electrons. The van der Waals surface area contributed by atoms with Crippen molar-refractivity contribution in [2.75, 3.05) is 0 Å². The first-order valence-electron chi connectivity index (χ1n) is 10.9. The molecule has 0 spiro atoms. The Morgan fingerprint density at radius 3 is 2.09 bits per heavy atom. The number of carboxylic acids is 1. The first kappa shape index (κ1) is 23.9. The molecule has 0 saturated heterocycles. The van der Waals surface area contributed by atoms with Gasteiger partial charge in [0.15, 0.2) is 0 Å². The molecule has 1 aromatic heterocycles. The number of rotatable bonds is 8. The first-order chi connectivity index (χ1) is 16.3. The summed E-state index contributed by atoms with van der Waals surface area (Å²) in [5.41, 5.74) is 3.72. The minimum absolute atomic E-state index is 0.167. The van der Waals surface area contributed by atoms with Crippen LogP contribution in [-0.4, -0.2) is 16.2 Å². The lowest BCUT2D eigenvalue weighted by atomic mass is 9.95. The number of carbonyl (C=O) groups is 1. The smallest absolute Gasteiger partial charge is 0.335 e. The van der Waals surface area contributed by atoms with E-state index in [-0.39, 0.29) is 11.5 Å². The van der Waals surface area contributed by atoms with Crippen LogP contribution in [0.1, 0.15) is 47.0 Å². The Balaban J connectivity index is 1.50. The normalized spacial score (nSPS) is 11.1. The Labute approximate surface area is 207 Å². The lowest BCUT2D eigenvalue weighted by Gasteiger charge is -2.10. The van der Waals surface area contributed by atoms with Crippen LogP contribution in [0.15, 0.2) is 71.3 Å². The number of hydrogen-bond donors (Lipinski definition) is 1. The lowest BCUT2D eigenvalue weighted by Crippen LogP contribution is -1.98. The van der Waals surface area contributed by atoms with Crippen LogP contribution in [0.5, 0.6) is 11.5 Å². The van der Waals surface area contributed by atoms with E-state index in [1.54, 1.807) is 30.3 Å². The zero-order valence-corrected chi connectivity index (χ0v) is 20.2. The van der Waals surface area contributed by atoms with Crippen molar-refractivity contribution in [2.45, 2.75) is 32.6 Å². The van der Waals surface area contributed by atoms with E-state index in [0.29, 0.717) is 39.2 Å². The van der Waals surface area contributed by atoms with Crippen molar-refractivity contribution >= 4 is 29.2 Å². The number of aromatic carboxylic acids is 1. The van der Waals surface area contributed by atoms with Gasteiger partial charge in [-0.25, -0.2) is 4.79 Å². The molecule has 34 heavy (non-hydrogen) atoms. The minimum Gasteiger partial charge on any atom is -0.478 e. The summed E-state index contributed by atoms with van der Waals surface area (Å²) in [6.07, 6.45) is 1.48. The molecule has 0 unspecified atom stereocenters. The summed E-state index contributed by atoms with van der Waals surface area (Å²) in [6.45, 7) is 4.13. The lowest BCUT2D eigenvalue weighted by molar-refractivity contribution is 0.0697. The predicted octanol–water partition coefficient (Wildman–Crippen LogP) is 8.05. The number of nitrogens with zero attached hydrogens (tertiary/aromatic N) is 1. The van der Waals surface area contributed by atoms with E-state index in [9.17, 15) is 4.79 Å². The summed E-state index contributed by atoms with van der Waals surface area (Å²) in [5, 5.41) is 14.4. The molecule has 3 aromatic carbocycles. The summed E-state index contributed by atoms with van der Waals surface area (Å²) < 4.78 is 11.5. The zero-order valence-electron chi connectivity index (χ0n) is 18.7. The van der Waals surface area contributed by atoms with Gasteiger partial charge in [0.25, 0.3) is 0 Å². The van der Waals surface area contributed by atoms with Gasteiger partial charge < -0.3 is 14.4 Å². The highest BCUT2D eigenvalue weighted by Crippen LogP contribution is 2.39. The highest BCUT2D eigenvalue weighted by atomic mass is 35.5. The molecule has 0 aliphatic heterocycles. The van der Waals surface area contributed by atoms with Crippen molar-refractivity contribution in [2.24, 2.45) is 0 Å². The number of ether oxygens (including phenoxy) is 1. The van der Waals surface area contributed by atoms with Crippen LogP contribution in [-0.2, 0) is 12.8 Å². The van der Waals surface area contributed by atoms with E-state index in [2.05, 4.69) is 19.0 Å². The molecule has 5 nitrogen and oxygen atoms in total. The summed E-state index contributed by atoms with van der Waals surface area (Å²) in [5.74, 6) is 1.27. The fraction of sp³-hybridized carbons (Fsp3) is 0.185. The Morgan fingerprint density at radius 1 is 0.941 bits per heavy atom. The maximum Gasteiger partial charge on any atom is 0.335 e. The molecule has 4 aromatic rings. The van der Waals surface area contributed by atoms with E-state index in [4.69, 9.17) is 37.6 Å². The summed E-state index contributed by atoms with van der Waals surface area (Å²) in [4.78, 5) is 11.0. The van der Waals surface area contributed by atoms with Gasteiger partial charge in [-0.15, -0.1) is 0 Å². The van der Waals surface area contributed by atoms with Crippen LogP contribution in [0.3, 0.4) is 0 Å². The number of benzene rings is 3. The average molecular weight is 496 g/mol. The topological polar surface area (TPSA) is 72.6 Å². The van der Waals surface area contributed by atoms with Crippen molar-refractivity contribution in [1.82, 2.24) is 5.16 Å². The van der Waals surface area contributed by atoms with Crippen molar-refractivity contribution in [3.8, 4) is 22.8 Å². The van der Waals surface area contributed by atoms with Gasteiger partial charge in [-0.05, 0) is 66.9 Å². The molecule has 0 bridgehead atoms. The Kier molecular flexibility index (Phi) is 7.25. The molecular weight excluding hydrogens is 473 g/mol. The first-order valence-corrected chi connectivity index (χ1v) is 11.6. The second kappa shape index (κ2) is 10.3. The minimum atomic E-state index is -0.968. The number of aryl methyl sites for hydroxylation is 1. The predicted molar refractivity (Wildman–Crippen MR) is 133 cm³/mol. The maximum atomic E-state index is 11.0. The van der Waals surface area contributed by atoms with Gasteiger partial charge in [0.05, 0.1) is 15.6 Å². The summed E-state index contributed by atoms with van der Waals surface area (Å²) >= 11 is 12.9. The van der Waals surface area contributed by atoms with E-state index in [1.165, 1.54) is 12.1 Å². The number of hydrogen-bond acceptors (Lipinski definition) is 4. The Bertz CT molecular complexity index is 1280. The molecule has 4 rings (SSSR count). The van der Waals surface area contributed by atoms with Crippen LogP contribution in [0.2, 0.25) is 10.0 Å². The monoisotopic (exact) mass is 495 g/mol. The van der Waals surface area contributed by atoms with E-state index >= 15 is 0 Å². The number of carboxylic acid groups (broad SMARTS) is 1. The number of aromatic nitrogens is 1. The van der Waals surface area contributed by atoms with Gasteiger partial charge in [-0.2, -0.15) is 0 Å². The summed E-state index contributed by atoms with van der Waals surface area (Å²) in [7, 11) is 0. The third kappa shape index (κ3) is 5.27. The molecule has 1 N–H and O–H groups in total. The molecule has 7 heteroatoms. The third-order valence-corrected chi connectivity index (χ3v) is 6.10. The zero-order chi connectivity index (χ0) is 24.2. The van der Waals surface area contributed by atoms with E-state index in [0.717, 1.165) is 23.3 Å². The average Bonchev–Trinajstić information content (AvgIpc) is 3.23. The second-order valence-corrected chi connectivity index (χ2v) is 9.02. The SMILES string of the molecule is CC(C)c1onc(-c2c(Cl)cccc2Cl)c1CCc1ccc(Oc2ccc(C(=O)O)cc2)cc1. The molecule has 1 heterocycles. The van der Waals surface area contributed by atoms with Crippen LogP contribution >= 0.6 is 23.2 Å². The highest BCUT2D eigenvalue weighted by Gasteiger charge is 2.23. The molecule has 0 aliphatic carbocycles. The van der Waals surface area contributed by atoms with Crippen molar-refractivity contribution in [3.63, 3.8) is 0 Å².